The molecule has 1 aromatic heterocycles. The van der Waals surface area contributed by atoms with E-state index in [-0.39, 0.29) is 5.41 Å². The zero-order chi connectivity index (χ0) is 23.4. The van der Waals surface area contributed by atoms with Gasteiger partial charge in [0.15, 0.2) is 5.82 Å². The number of para-hydroxylation sites is 2. The minimum Gasteiger partial charge on any atom is -0.346 e. The van der Waals surface area contributed by atoms with Crippen LogP contribution in [0.5, 0.6) is 0 Å². The van der Waals surface area contributed by atoms with Gasteiger partial charge in [-0.25, -0.2) is 9.67 Å². The number of allylic oxidation sites excluding steroid dienone is 2. The summed E-state index contributed by atoms with van der Waals surface area (Å²) in [6.45, 7) is 6.79. The molecule has 5 heteroatoms. The molecule has 0 spiro atoms. The van der Waals surface area contributed by atoms with Gasteiger partial charge >= 0.3 is 0 Å². The highest BCUT2D eigenvalue weighted by Gasteiger charge is 2.43. The van der Waals surface area contributed by atoms with Crippen LogP contribution in [-0.2, 0) is 5.41 Å². The second-order valence-electron chi connectivity index (χ2n) is 9.37. The largest absolute Gasteiger partial charge is 0.346 e. The maximum absolute atomic E-state index is 5.06. The van der Waals surface area contributed by atoms with E-state index in [1.165, 1.54) is 32.9 Å². The molecule has 6 rings (SSSR count). The van der Waals surface area contributed by atoms with Gasteiger partial charge in [0.2, 0.25) is 0 Å². The summed E-state index contributed by atoms with van der Waals surface area (Å²) in [6, 6.07) is 29.9. The van der Waals surface area contributed by atoms with Gasteiger partial charge in [-0.15, -0.1) is 0 Å². The fourth-order valence-electron chi connectivity index (χ4n) is 5.40. The van der Waals surface area contributed by atoms with Crippen LogP contribution < -0.4 is 15.5 Å². The molecule has 0 saturated heterocycles. The predicted molar refractivity (Wildman–Crippen MR) is 144 cm³/mol. The molecule has 1 atom stereocenters. The number of likely N-dealkylation sites (N-methyl/N-ethyl adjacent to an activating group) is 1. The van der Waals surface area contributed by atoms with Crippen LogP contribution in [0.2, 0.25) is 0 Å². The first-order chi connectivity index (χ1) is 16.5. The third kappa shape index (κ3) is 3.02. The lowest BCUT2D eigenvalue weighted by molar-refractivity contribution is 0.639. The molecule has 4 nitrogen and oxygen atoms in total. The van der Waals surface area contributed by atoms with Gasteiger partial charge < -0.3 is 4.90 Å². The second-order valence-corrected chi connectivity index (χ2v) is 11.5. The van der Waals surface area contributed by atoms with E-state index in [1.54, 1.807) is 0 Å². The van der Waals surface area contributed by atoms with Crippen molar-refractivity contribution in [3.05, 3.63) is 107 Å². The molecule has 34 heavy (non-hydrogen) atoms. The first-order valence-corrected chi connectivity index (χ1v) is 12.9. The summed E-state index contributed by atoms with van der Waals surface area (Å²) >= 11 is 0. The summed E-state index contributed by atoms with van der Waals surface area (Å²) in [6.07, 6.45) is 2.11. The van der Waals surface area contributed by atoms with E-state index in [4.69, 9.17) is 10.1 Å². The van der Waals surface area contributed by atoms with Crippen molar-refractivity contribution in [1.82, 2.24) is 9.78 Å². The van der Waals surface area contributed by atoms with Crippen LogP contribution in [0.3, 0.4) is 0 Å². The Balaban J connectivity index is 1.63. The lowest BCUT2D eigenvalue weighted by atomic mass is 9.84. The molecule has 2 aliphatic rings. The van der Waals surface area contributed by atoms with E-state index in [0.29, 0.717) is 0 Å². The third-order valence-electron chi connectivity index (χ3n) is 6.90. The molecule has 4 aromatic rings. The van der Waals surface area contributed by atoms with Crippen LogP contribution in [0.25, 0.3) is 5.69 Å². The molecule has 0 amide bonds. The van der Waals surface area contributed by atoms with E-state index in [9.17, 15) is 0 Å². The number of hydrogen-bond donors (Lipinski definition) is 0. The van der Waals surface area contributed by atoms with Crippen LogP contribution in [0, 0.1) is 6.92 Å². The molecule has 0 N–H and O–H groups in total. The number of rotatable bonds is 2. The van der Waals surface area contributed by atoms with E-state index in [1.807, 2.05) is 22.9 Å². The first-order valence-electron chi connectivity index (χ1n) is 11.6. The smallest absolute Gasteiger partial charge is 0.164 e. The molecule has 3 aromatic carbocycles. The van der Waals surface area contributed by atoms with Crippen LogP contribution in [0.15, 0.2) is 101 Å². The van der Waals surface area contributed by atoms with Crippen LogP contribution in [0.4, 0.5) is 11.5 Å². The summed E-state index contributed by atoms with van der Waals surface area (Å²) in [4.78, 5) is 7.43. The maximum Gasteiger partial charge on any atom is 0.164 e. The summed E-state index contributed by atoms with van der Waals surface area (Å²) < 4.78 is 2.00. The van der Waals surface area contributed by atoms with Gasteiger partial charge in [-0.2, -0.15) is 5.10 Å². The van der Waals surface area contributed by atoms with Crippen molar-refractivity contribution in [3.8, 4) is 5.69 Å². The predicted octanol–water partition coefficient (Wildman–Crippen LogP) is 5.97. The lowest BCUT2D eigenvalue weighted by Crippen LogP contribution is -2.28. The minimum atomic E-state index is -0.830. The molecule has 2 aliphatic heterocycles. The van der Waals surface area contributed by atoms with Crippen molar-refractivity contribution in [2.45, 2.75) is 26.2 Å². The molecular weight excluding hydrogens is 435 g/mol. The van der Waals surface area contributed by atoms with Crippen molar-refractivity contribution in [3.63, 3.8) is 0 Å². The zero-order valence-electron chi connectivity index (χ0n) is 19.9. The van der Waals surface area contributed by atoms with E-state index < -0.39 is 7.92 Å². The molecule has 1 unspecified atom stereocenters. The van der Waals surface area contributed by atoms with Crippen molar-refractivity contribution in [2.75, 3.05) is 11.9 Å². The van der Waals surface area contributed by atoms with Gasteiger partial charge in [0.1, 0.15) is 0 Å². The van der Waals surface area contributed by atoms with Crippen molar-refractivity contribution in [2.24, 2.45) is 4.99 Å². The number of fused-ring (bicyclic) bond motifs is 2. The van der Waals surface area contributed by atoms with Gasteiger partial charge in [0, 0.05) is 35.4 Å². The average Bonchev–Trinajstić information content (AvgIpc) is 3.31. The quantitative estimate of drug-likeness (QED) is 0.344. The Morgan fingerprint density at radius 1 is 0.824 bits per heavy atom. The topological polar surface area (TPSA) is 33.4 Å². The Labute approximate surface area is 202 Å². The average molecular weight is 463 g/mol. The number of aliphatic imine (C=N–C) groups is 1. The van der Waals surface area contributed by atoms with Crippen molar-refractivity contribution < 1.29 is 0 Å². The molecule has 0 aliphatic carbocycles. The fraction of sp³-hybridized carbons (Fsp3) is 0.172. The van der Waals surface area contributed by atoms with Crippen molar-refractivity contribution in [1.29, 1.82) is 0 Å². The summed E-state index contributed by atoms with van der Waals surface area (Å²) in [5.74, 6) is 0.944. The van der Waals surface area contributed by atoms with Crippen molar-refractivity contribution >= 4 is 36.3 Å². The number of anilines is 1. The van der Waals surface area contributed by atoms with Gasteiger partial charge in [0.25, 0.3) is 0 Å². The molecule has 168 valence electrons. The Morgan fingerprint density at radius 2 is 1.47 bits per heavy atom. The standard InChI is InChI=1S/C29H27N4P/c1-20-26-28(33(31-20)21-13-7-5-8-14-21)30-19-25(34(26)22-15-9-6-10-16-22)27-29(2,3)23-17-11-12-18-24(23)32(27)4/h5-19H,1-4H3/b27-25-. The van der Waals surface area contributed by atoms with Crippen LogP contribution in [-0.4, -0.2) is 23.0 Å². The van der Waals surface area contributed by atoms with Gasteiger partial charge in [-0.1, -0.05) is 80.6 Å². The van der Waals surface area contributed by atoms with Crippen LogP contribution >= 0.6 is 7.92 Å². The minimum absolute atomic E-state index is 0.122. The SMILES string of the molecule is Cc1nn(-c2ccccc2)c2c1P(c1ccccc1)/C(=C1\N(C)c3ccccc3C1(C)C)C=N2. The monoisotopic (exact) mass is 462 g/mol. The van der Waals surface area contributed by atoms with Gasteiger partial charge in [-0.05, 0) is 43.9 Å². The molecule has 3 heterocycles. The number of aryl methyl sites for hydroxylation is 1. The number of nitrogens with zero attached hydrogens (tertiary/aromatic N) is 4. The Kier molecular flexibility index (Phi) is 4.82. The Bertz CT molecular complexity index is 1450. The molecule has 0 bridgehead atoms. The molecular formula is C29H27N4P. The number of aromatic nitrogens is 2. The third-order valence-corrected chi connectivity index (χ3v) is 9.50. The van der Waals surface area contributed by atoms with E-state index in [2.05, 4.69) is 106 Å². The Morgan fingerprint density at radius 3 is 2.18 bits per heavy atom. The van der Waals surface area contributed by atoms with Gasteiger partial charge in [-0.3, -0.25) is 0 Å². The first kappa shape index (κ1) is 21.1. The van der Waals surface area contributed by atoms with Crippen LogP contribution in [0.1, 0.15) is 25.1 Å². The number of hydrogen-bond acceptors (Lipinski definition) is 3. The van der Waals surface area contributed by atoms with Gasteiger partial charge in [0.05, 0.1) is 16.7 Å². The summed E-state index contributed by atoms with van der Waals surface area (Å²) in [5.41, 5.74) is 5.91. The second kappa shape index (κ2) is 7.78. The normalized spacial score (nSPS) is 20.4. The lowest BCUT2D eigenvalue weighted by Gasteiger charge is -2.32. The summed E-state index contributed by atoms with van der Waals surface area (Å²) in [5, 5.41) is 8.84. The molecule has 0 saturated carbocycles. The maximum atomic E-state index is 5.06. The summed E-state index contributed by atoms with van der Waals surface area (Å²) in [7, 11) is 1.36. The highest BCUT2D eigenvalue weighted by Crippen LogP contribution is 2.56. The molecule has 0 fully saturated rings. The van der Waals surface area contributed by atoms with E-state index in [0.717, 1.165) is 17.2 Å². The molecule has 0 radical (unpaired) electrons. The highest BCUT2D eigenvalue weighted by atomic mass is 31.1. The zero-order valence-corrected chi connectivity index (χ0v) is 20.8. The highest BCUT2D eigenvalue weighted by molar-refractivity contribution is 7.78. The number of benzene rings is 3. The fourth-order valence-corrected chi connectivity index (χ4v) is 8.18. The van der Waals surface area contributed by atoms with E-state index >= 15 is 0 Å². The Hall–Kier alpha value is -3.49.